The topological polar surface area (TPSA) is 44.7 Å². The first-order chi connectivity index (χ1) is 15.2. The van der Waals surface area contributed by atoms with Crippen molar-refractivity contribution in [1.29, 1.82) is 0 Å². The number of nitrogens with zero attached hydrogens (tertiary/aromatic N) is 1. The van der Waals surface area contributed by atoms with Crippen molar-refractivity contribution < 1.29 is 23.0 Å². The maximum Gasteiger partial charge on any atom is 0.573 e. The van der Waals surface area contributed by atoms with Crippen molar-refractivity contribution in [3.8, 4) is 11.5 Å². The number of piperazine rings is 1. The summed E-state index contributed by atoms with van der Waals surface area (Å²) in [5.41, 5.74) is 3.08. The Bertz CT molecular complexity index is 928. The molecule has 1 aliphatic heterocycles. The molecule has 2 aromatic carbocycles. The van der Waals surface area contributed by atoms with Crippen LogP contribution in [0.1, 0.15) is 69.8 Å². The highest BCUT2D eigenvalue weighted by Crippen LogP contribution is 2.43. The standard InChI is InChI=1S/C26H35F3N2O2.2ClH/c1-24(2,3)20-15-18(16-21(23(20)32)25(4,5)6)22(31-13-11-30-12-14-31)17-7-9-19(10-8-17)33-26(27,28)29;;/h7-10,15-16,22,30,32H,11-14H2,1-6H3;2*1H/t22-;;/m0../s1. The van der Waals surface area contributed by atoms with Gasteiger partial charge in [-0.25, -0.2) is 0 Å². The molecule has 4 nitrogen and oxygen atoms in total. The summed E-state index contributed by atoms with van der Waals surface area (Å²) in [6.45, 7) is 15.7. The second-order valence-corrected chi connectivity index (χ2v) is 10.8. The maximum atomic E-state index is 12.6. The zero-order chi connectivity index (χ0) is 24.6. The fourth-order valence-corrected chi connectivity index (χ4v) is 4.36. The molecule has 0 bridgehead atoms. The molecule has 3 rings (SSSR count). The lowest BCUT2D eigenvalue weighted by atomic mass is 9.77. The molecule has 1 atom stereocenters. The third kappa shape index (κ3) is 7.91. The molecule has 0 saturated carbocycles. The van der Waals surface area contributed by atoms with E-state index in [0.29, 0.717) is 5.75 Å². The fraction of sp³-hybridized carbons (Fsp3) is 0.538. The molecule has 1 aliphatic rings. The van der Waals surface area contributed by atoms with E-state index in [4.69, 9.17) is 0 Å². The van der Waals surface area contributed by atoms with Gasteiger partial charge >= 0.3 is 6.36 Å². The van der Waals surface area contributed by atoms with E-state index >= 15 is 0 Å². The van der Waals surface area contributed by atoms with Gasteiger partial charge in [-0.2, -0.15) is 0 Å². The van der Waals surface area contributed by atoms with Crippen LogP contribution >= 0.6 is 24.8 Å². The van der Waals surface area contributed by atoms with Gasteiger partial charge in [-0.15, -0.1) is 38.0 Å². The van der Waals surface area contributed by atoms with Gasteiger partial charge in [-0.1, -0.05) is 53.7 Å². The predicted molar refractivity (Wildman–Crippen MR) is 139 cm³/mol. The van der Waals surface area contributed by atoms with Crippen LogP contribution in [-0.2, 0) is 10.8 Å². The lowest BCUT2D eigenvalue weighted by Crippen LogP contribution is -2.45. The summed E-state index contributed by atoms with van der Waals surface area (Å²) in [6, 6.07) is 10.1. The van der Waals surface area contributed by atoms with Gasteiger partial charge in [0.1, 0.15) is 11.5 Å². The van der Waals surface area contributed by atoms with Crippen molar-refractivity contribution in [2.75, 3.05) is 26.2 Å². The maximum absolute atomic E-state index is 12.6. The van der Waals surface area contributed by atoms with Gasteiger partial charge in [0.2, 0.25) is 0 Å². The molecule has 1 fully saturated rings. The average Bonchev–Trinajstić information content (AvgIpc) is 2.68. The first-order valence-electron chi connectivity index (χ1n) is 11.3. The van der Waals surface area contributed by atoms with Crippen LogP contribution in [0.3, 0.4) is 0 Å². The Labute approximate surface area is 219 Å². The SMILES string of the molecule is CC(C)(C)c1cc([C@H](c2ccc(OC(F)(F)F)cc2)N2CCNCC2)cc(C(C)(C)C)c1O.Cl.Cl. The van der Waals surface area contributed by atoms with E-state index in [2.05, 4.69) is 68.6 Å². The van der Waals surface area contributed by atoms with Crippen LogP contribution in [0, 0.1) is 0 Å². The van der Waals surface area contributed by atoms with E-state index in [-0.39, 0.29) is 47.4 Å². The number of aromatic hydroxyl groups is 1. The summed E-state index contributed by atoms with van der Waals surface area (Å²) in [5.74, 6) is 0.0773. The smallest absolute Gasteiger partial charge is 0.507 e. The number of halogens is 5. The molecular weight excluding hydrogens is 500 g/mol. The molecule has 1 heterocycles. The first kappa shape index (κ1) is 31.4. The van der Waals surface area contributed by atoms with Crippen LogP contribution in [0.15, 0.2) is 36.4 Å². The highest BCUT2D eigenvalue weighted by molar-refractivity contribution is 5.85. The minimum Gasteiger partial charge on any atom is -0.507 e. The minimum absolute atomic E-state index is 0. The van der Waals surface area contributed by atoms with E-state index in [1.54, 1.807) is 12.1 Å². The Morgan fingerprint density at radius 3 is 1.69 bits per heavy atom. The molecule has 0 radical (unpaired) electrons. The first-order valence-corrected chi connectivity index (χ1v) is 11.3. The van der Waals surface area contributed by atoms with E-state index in [1.165, 1.54) is 12.1 Å². The summed E-state index contributed by atoms with van der Waals surface area (Å²) in [5, 5.41) is 14.5. The quantitative estimate of drug-likeness (QED) is 0.455. The predicted octanol–water partition coefficient (Wildman–Crippen LogP) is 6.72. The molecule has 0 unspecified atom stereocenters. The van der Waals surface area contributed by atoms with Crippen LogP contribution in [0.25, 0.3) is 0 Å². The van der Waals surface area contributed by atoms with E-state index < -0.39 is 6.36 Å². The van der Waals surface area contributed by atoms with Crippen LogP contribution in [-0.4, -0.2) is 42.5 Å². The number of benzene rings is 2. The highest BCUT2D eigenvalue weighted by Gasteiger charge is 2.33. The molecule has 198 valence electrons. The summed E-state index contributed by atoms with van der Waals surface area (Å²) in [7, 11) is 0. The second-order valence-electron chi connectivity index (χ2n) is 10.8. The molecule has 2 N–H and O–H groups in total. The number of nitrogens with one attached hydrogen (secondary N) is 1. The number of alkyl halides is 3. The van der Waals surface area contributed by atoms with Crippen molar-refractivity contribution in [1.82, 2.24) is 10.2 Å². The van der Waals surface area contributed by atoms with Crippen molar-refractivity contribution in [3.63, 3.8) is 0 Å². The Hall–Kier alpha value is -1.67. The van der Waals surface area contributed by atoms with E-state index in [9.17, 15) is 18.3 Å². The van der Waals surface area contributed by atoms with Crippen LogP contribution in [0.4, 0.5) is 13.2 Å². The molecular formula is C26H37Cl2F3N2O2. The largest absolute Gasteiger partial charge is 0.573 e. The molecule has 35 heavy (non-hydrogen) atoms. The van der Waals surface area contributed by atoms with Crippen LogP contribution in [0.5, 0.6) is 11.5 Å². The fourth-order valence-electron chi connectivity index (χ4n) is 4.36. The monoisotopic (exact) mass is 536 g/mol. The Balaban J connectivity index is 0.00000306. The van der Waals surface area contributed by atoms with Gasteiger partial charge in [-0.05, 0) is 57.3 Å². The summed E-state index contributed by atoms with van der Waals surface area (Å²) in [4.78, 5) is 2.33. The lowest BCUT2D eigenvalue weighted by molar-refractivity contribution is -0.274. The summed E-state index contributed by atoms with van der Waals surface area (Å²) < 4.78 is 42.0. The molecule has 0 spiro atoms. The van der Waals surface area contributed by atoms with Gasteiger partial charge in [0, 0.05) is 26.2 Å². The number of phenols is 1. The Morgan fingerprint density at radius 2 is 1.29 bits per heavy atom. The molecule has 1 saturated heterocycles. The zero-order valence-corrected chi connectivity index (χ0v) is 22.8. The van der Waals surface area contributed by atoms with E-state index in [0.717, 1.165) is 48.4 Å². The van der Waals surface area contributed by atoms with Crippen molar-refractivity contribution in [2.24, 2.45) is 0 Å². The van der Waals surface area contributed by atoms with Crippen LogP contribution < -0.4 is 10.1 Å². The normalized spacial score (nSPS) is 16.1. The Morgan fingerprint density at radius 1 is 0.829 bits per heavy atom. The third-order valence-corrected chi connectivity index (χ3v) is 6.01. The van der Waals surface area contributed by atoms with Crippen molar-refractivity contribution in [3.05, 3.63) is 58.7 Å². The number of hydrogen-bond acceptors (Lipinski definition) is 4. The Kier molecular flexibility index (Phi) is 10.4. The number of hydrogen-bond donors (Lipinski definition) is 2. The van der Waals surface area contributed by atoms with E-state index in [1.807, 2.05) is 0 Å². The third-order valence-electron chi connectivity index (χ3n) is 6.01. The molecule has 0 aliphatic carbocycles. The van der Waals surface area contributed by atoms with Crippen LogP contribution in [0.2, 0.25) is 0 Å². The number of ether oxygens (including phenoxy) is 1. The summed E-state index contributed by atoms with van der Waals surface area (Å²) in [6.07, 6.45) is -4.72. The van der Waals surface area contributed by atoms with Crippen molar-refractivity contribution >= 4 is 24.8 Å². The lowest BCUT2D eigenvalue weighted by Gasteiger charge is -2.37. The molecule has 0 aromatic heterocycles. The van der Waals surface area contributed by atoms with Gasteiger partial charge in [0.25, 0.3) is 0 Å². The van der Waals surface area contributed by atoms with Gasteiger partial charge < -0.3 is 15.2 Å². The van der Waals surface area contributed by atoms with Gasteiger partial charge in [0.05, 0.1) is 6.04 Å². The minimum atomic E-state index is -4.72. The highest BCUT2D eigenvalue weighted by atomic mass is 35.5. The molecule has 2 aromatic rings. The number of rotatable bonds is 4. The van der Waals surface area contributed by atoms with Gasteiger partial charge in [0.15, 0.2) is 0 Å². The van der Waals surface area contributed by atoms with Gasteiger partial charge in [-0.3, -0.25) is 4.90 Å². The van der Waals surface area contributed by atoms with Crippen molar-refractivity contribution in [2.45, 2.75) is 64.8 Å². The molecule has 9 heteroatoms. The number of phenolic OH excluding ortho intramolecular Hbond substituents is 1. The zero-order valence-electron chi connectivity index (χ0n) is 21.1. The molecule has 0 amide bonds. The second kappa shape index (κ2) is 11.6. The average molecular weight is 537 g/mol. The summed E-state index contributed by atoms with van der Waals surface area (Å²) >= 11 is 0.